The Hall–Kier alpha value is -1.55. The summed E-state index contributed by atoms with van der Waals surface area (Å²) in [7, 11) is 0. The quantitative estimate of drug-likeness (QED) is 0.879. The molecule has 1 aliphatic rings. The van der Waals surface area contributed by atoms with E-state index in [2.05, 4.69) is 10.6 Å². The van der Waals surface area contributed by atoms with Gasteiger partial charge in [0.2, 0.25) is 11.8 Å². The molecule has 102 valence electrons. The second-order valence-corrected chi connectivity index (χ2v) is 5.15. The summed E-state index contributed by atoms with van der Waals surface area (Å²) in [6.07, 6.45) is 1.83. The van der Waals surface area contributed by atoms with Gasteiger partial charge in [-0.3, -0.25) is 9.59 Å². The second kappa shape index (κ2) is 6.57. The number of rotatable bonds is 4. The Morgan fingerprint density at radius 3 is 3.00 bits per heavy atom. The molecule has 0 saturated carbocycles. The topological polar surface area (TPSA) is 58.2 Å². The largest absolute Gasteiger partial charge is 0.355 e. The van der Waals surface area contributed by atoms with Crippen LogP contribution in [-0.2, 0) is 16.0 Å². The molecule has 2 rings (SSSR count). The van der Waals surface area contributed by atoms with Gasteiger partial charge in [0, 0.05) is 24.5 Å². The number of halogens is 1. The van der Waals surface area contributed by atoms with Gasteiger partial charge in [-0.25, -0.2) is 0 Å². The number of nitrogens with one attached hydrogen (secondary N) is 2. The fourth-order valence-corrected chi connectivity index (χ4v) is 2.34. The van der Waals surface area contributed by atoms with E-state index < -0.39 is 0 Å². The van der Waals surface area contributed by atoms with Crippen molar-refractivity contribution in [3.63, 3.8) is 0 Å². The lowest BCUT2D eigenvalue weighted by Crippen LogP contribution is -2.43. The molecule has 2 N–H and O–H groups in total. The van der Waals surface area contributed by atoms with Crippen LogP contribution in [0, 0.1) is 5.92 Å². The Kier molecular flexibility index (Phi) is 4.80. The van der Waals surface area contributed by atoms with Gasteiger partial charge >= 0.3 is 0 Å². The van der Waals surface area contributed by atoms with Gasteiger partial charge in [-0.05, 0) is 30.5 Å². The first-order valence-corrected chi connectivity index (χ1v) is 6.82. The molecule has 0 radical (unpaired) electrons. The van der Waals surface area contributed by atoms with Gasteiger partial charge in [-0.1, -0.05) is 23.7 Å². The zero-order chi connectivity index (χ0) is 13.7. The lowest BCUT2D eigenvalue weighted by Gasteiger charge is -2.21. The highest BCUT2D eigenvalue weighted by atomic mass is 35.5. The summed E-state index contributed by atoms with van der Waals surface area (Å²) in [4.78, 5) is 22.9. The predicted molar refractivity (Wildman–Crippen MR) is 73.9 cm³/mol. The van der Waals surface area contributed by atoms with Crippen LogP contribution in [0.4, 0.5) is 0 Å². The molecule has 1 aliphatic heterocycles. The molecular weight excluding hydrogens is 264 g/mol. The highest BCUT2D eigenvalue weighted by molar-refractivity contribution is 6.30. The number of carbonyl (C=O) groups excluding carboxylic acids is 2. The highest BCUT2D eigenvalue weighted by Gasteiger charge is 2.23. The average molecular weight is 281 g/mol. The lowest BCUT2D eigenvalue weighted by molar-refractivity contribution is -0.128. The van der Waals surface area contributed by atoms with Crippen LogP contribution in [0.1, 0.15) is 18.4 Å². The van der Waals surface area contributed by atoms with Gasteiger partial charge in [0.1, 0.15) is 0 Å². The Bertz CT molecular complexity index is 466. The maximum absolute atomic E-state index is 11.9. The zero-order valence-corrected chi connectivity index (χ0v) is 11.4. The Morgan fingerprint density at radius 1 is 1.47 bits per heavy atom. The summed E-state index contributed by atoms with van der Waals surface area (Å²) in [5.74, 6) is -0.0536. The number of piperidine rings is 1. The van der Waals surface area contributed by atoms with Gasteiger partial charge in [-0.15, -0.1) is 0 Å². The number of hydrogen-bond acceptors (Lipinski definition) is 2. The van der Waals surface area contributed by atoms with Crippen LogP contribution in [-0.4, -0.2) is 24.9 Å². The van der Waals surface area contributed by atoms with Crippen molar-refractivity contribution in [2.75, 3.05) is 13.1 Å². The Morgan fingerprint density at radius 2 is 2.32 bits per heavy atom. The van der Waals surface area contributed by atoms with E-state index in [0.29, 0.717) is 31.0 Å². The van der Waals surface area contributed by atoms with E-state index in [1.807, 2.05) is 24.3 Å². The first-order chi connectivity index (χ1) is 9.15. The summed E-state index contributed by atoms with van der Waals surface area (Å²) >= 11 is 5.89. The second-order valence-electron chi connectivity index (χ2n) is 4.71. The molecule has 1 atom stereocenters. The van der Waals surface area contributed by atoms with E-state index >= 15 is 0 Å². The number of benzene rings is 1. The minimum absolute atomic E-state index is 0.0158. The molecule has 1 fully saturated rings. The molecule has 1 unspecified atom stereocenters. The predicted octanol–water partition coefficient (Wildman–Crippen LogP) is 1.52. The summed E-state index contributed by atoms with van der Waals surface area (Å²) in [6, 6.07) is 7.61. The van der Waals surface area contributed by atoms with Crippen LogP contribution in [0.5, 0.6) is 0 Å². The maximum Gasteiger partial charge on any atom is 0.224 e. The van der Waals surface area contributed by atoms with Crippen molar-refractivity contribution in [2.24, 2.45) is 5.92 Å². The summed E-state index contributed by atoms with van der Waals surface area (Å²) < 4.78 is 0. The SMILES string of the molecule is O=C1CCC(C(=O)NCCc2cccc(Cl)c2)CN1. The minimum atomic E-state index is -0.0999. The molecule has 4 nitrogen and oxygen atoms in total. The highest BCUT2D eigenvalue weighted by Crippen LogP contribution is 2.12. The summed E-state index contributed by atoms with van der Waals surface area (Å²) in [5.41, 5.74) is 1.10. The van der Waals surface area contributed by atoms with Crippen molar-refractivity contribution >= 4 is 23.4 Å². The van der Waals surface area contributed by atoms with Crippen molar-refractivity contribution in [3.05, 3.63) is 34.9 Å². The number of carbonyl (C=O) groups is 2. The molecule has 0 aromatic heterocycles. The van der Waals surface area contributed by atoms with E-state index in [9.17, 15) is 9.59 Å². The molecule has 5 heteroatoms. The molecule has 1 saturated heterocycles. The molecule has 0 spiro atoms. The van der Waals surface area contributed by atoms with Crippen LogP contribution in [0.2, 0.25) is 5.02 Å². The van der Waals surface area contributed by atoms with Gasteiger partial charge in [-0.2, -0.15) is 0 Å². The monoisotopic (exact) mass is 280 g/mol. The average Bonchev–Trinajstić information content (AvgIpc) is 2.39. The molecule has 0 bridgehead atoms. The number of hydrogen-bond donors (Lipinski definition) is 2. The van der Waals surface area contributed by atoms with Crippen LogP contribution in [0.25, 0.3) is 0 Å². The summed E-state index contributed by atoms with van der Waals surface area (Å²) in [6.45, 7) is 1.03. The molecule has 2 amide bonds. The van der Waals surface area contributed by atoms with Gasteiger partial charge in [0.15, 0.2) is 0 Å². The van der Waals surface area contributed by atoms with Crippen LogP contribution < -0.4 is 10.6 Å². The van der Waals surface area contributed by atoms with Crippen molar-refractivity contribution in [1.82, 2.24) is 10.6 Å². The van der Waals surface area contributed by atoms with Crippen molar-refractivity contribution in [2.45, 2.75) is 19.3 Å². The Labute approximate surface area is 117 Å². The third kappa shape index (κ3) is 4.24. The first kappa shape index (κ1) is 13.9. The minimum Gasteiger partial charge on any atom is -0.355 e. The van der Waals surface area contributed by atoms with E-state index in [1.54, 1.807) is 0 Å². The van der Waals surface area contributed by atoms with E-state index in [4.69, 9.17) is 11.6 Å². The Balaban J connectivity index is 1.73. The van der Waals surface area contributed by atoms with Crippen LogP contribution >= 0.6 is 11.6 Å². The smallest absolute Gasteiger partial charge is 0.224 e. The zero-order valence-electron chi connectivity index (χ0n) is 10.6. The van der Waals surface area contributed by atoms with Crippen LogP contribution in [0.3, 0.4) is 0 Å². The van der Waals surface area contributed by atoms with Gasteiger partial charge < -0.3 is 10.6 Å². The van der Waals surface area contributed by atoms with Gasteiger partial charge in [0.05, 0.1) is 5.92 Å². The van der Waals surface area contributed by atoms with E-state index in [-0.39, 0.29) is 17.7 Å². The maximum atomic E-state index is 11.9. The summed E-state index contributed by atoms with van der Waals surface area (Å²) in [5, 5.41) is 6.32. The van der Waals surface area contributed by atoms with Crippen molar-refractivity contribution in [1.29, 1.82) is 0 Å². The lowest BCUT2D eigenvalue weighted by atomic mass is 9.98. The first-order valence-electron chi connectivity index (χ1n) is 6.44. The molecule has 19 heavy (non-hydrogen) atoms. The standard InChI is InChI=1S/C14H17ClN2O2/c15-12-3-1-2-10(8-12)6-7-16-14(19)11-4-5-13(18)17-9-11/h1-3,8,11H,4-7,9H2,(H,16,19)(H,17,18). The molecule has 0 aliphatic carbocycles. The number of amides is 2. The third-order valence-corrected chi connectivity index (χ3v) is 3.47. The fourth-order valence-electron chi connectivity index (χ4n) is 2.12. The van der Waals surface area contributed by atoms with Gasteiger partial charge in [0.25, 0.3) is 0 Å². The van der Waals surface area contributed by atoms with E-state index in [0.717, 1.165) is 12.0 Å². The molecule has 1 heterocycles. The molecular formula is C14H17ClN2O2. The molecule has 1 aromatic rings. The van der Waals surface area contributed by atoms with Crippen molar-refractivity contribution in [3.8, 4) is 0 Å². The third-order valence-electron chi connectivity index (χ3n) is 3.24. The fraction of sp³-hybridized carbons (Fsp3) is 0.429. The van der Waals surface area contributed by atoms with Crippen molar-refractivity contribution < 1.29 is 9.59 Å². The normalized spacial score (nSPS) is 18.8. The van der Waals surface area contributed by atoms with Crippen LogP contribution in [0.15, 0.2) is 24.3 Å². The van der Waals surface area contributed by atoms with E-state index in [1.165, 1.54) is 0 Å². The molecule has 1 aromatic carbocycles.